The zero-order valence-corrected chi connectivity index (χ0v) is 14.4. The van der Waals surface area contributed by atoms with Crippen LogP contribution in [0.1, 0.15) is 27.8 Å². The highest BCUT2D eigenvalue weighted by atomic mass is 35.5. The lowest BCUT2D eigenvalue weighted by Gasteiger charge is -2.32. The van der Waals surface area contributed by atoms with Crippen LogP contribution in [0.4, 0.5) is 0 Å². The maximum absolute atomic E-state index is 6.37. The number of rotatable bonds is 5. The van der Waals surface area contributed by atoms with Gasteiger partial charge in [0.15, 0.2) is 0 Å². The molecule has 2 heteroatoms. The Bertz CT molecular complexity index is 613. The van der Waals surface area contributed by atoms with Crippen molar-refractivity contribution in [2.75, 3.05) is 11.8 Å². The lowest BCUT2D eigenvalue weighted by Crippen LogP contribution is -2.34. The molecular weight excluding hydrogens is 299 g/mol. The molecule has 0 aliphatic heterocycles. The molecule has 0 nitrogen and oxygen atoms in total. The highest BCUT2D eigenvalue weighted by Gasteiger charge is 2.32. The second kappa shape index (κ2) is 6.85. The van der Waals surface area contributed by atoms with Gasteiger partial charge in [-0.2, -0.15) is 0 Å². The summed E-state index contributed by atoms with van der Waals surface area (Å²) >= 11 is 12.7. The monoisotopic (exact) mass is 320 g/mol. The molecule has 0 amide bonds. The fourth-order valence-corrected chi connectivity index (χ4v) is 3.60. The Morgan fingerprint density at radius 1 is 0.810 bits per heavy atom. The maximum Gasteiger partial charge on any atom is 0.0335 e. The summed E-state index contributed by atoms with van der Waals surface area (Å²) in [5, 5.41) is 0. The number of benzene rings is 2. The minimum absolute atomic E-state index is 0.212. The van der Waals surface area contributed by atoms with E-state index in [4.69, 9.17) is 23.2 Å². The first kappa shape index (κ1) is 16.4. The Labute approximate surface area is 138 Å². The Balaban J connectivity index is 2.43. The lowest BCUT2D eigenvalue weighted by molar-refractivity contribution is 0.533. The van der Waals surface area contributed by atoms with Crippen molar-refractivity contribution < 1.29 is 0 Å². The number of alkyl halides is 2. The van der Waals surface area contributed by atoms with Gasteiger partial charge in [0.2, 0.25) is 0 Å². The molecule has 0 saturated carbocycles. The van der Waals surface area contributed by atoms with Crippen LogP contribution in [0, 0.1) is 20.8 Å². The standard InChI is InChI=1S/C19H22Cl2/c1-14-8-9-17(10-16(14)3)11-19(12-20,13-21)18-7-5-4-6-15(18)2/h4-10H,11-13H2,1-3H3. The van der Waals surface area contributed by atoms with Crippen molar-refractivity contribution in [3.05, 3.63) is 70.3 Å². The van der Waals surface area contributed by atoms with E-state index in [0.29, 0.717) is 11.8 Å². The van der Waals surface area contributed by atoms with Crippen molar-refractivity contribution in [2.24, 2.45) is 0 Å². The first-order valence-electron chi connectivity index (χ1n) is 7.26. The van der Waals surface area contributed by atoms with Gasteiger partial charge in [0.1, 0.15) is 0 Å². The zero-order chi connectivity index (χ0) is 15.5. The van der Waals surface area contributed by atoms with Crippen molar-refractivity contribution in [2.45, 2.75) is 32.6 Å². The third-order valence-electron chi connectivity index (χ3n) is 4.34. The average Bonchev–Trinajstić information content (AvgIpc) is 2.49. The summed E-state index contributed by atoms with van der Waals surface area (Å²) < 4.78 is 0. The largest absolute Gasteiger partial charge is 0.126 e. The summed E-state index contributed by atoms with van der Waals surface area (Å²) in [6.07, 6.45) is 0.867. The van der Waals surface area contributed by atoms with Gasteiger partial charge in [0.05, 0.1) is 0 Å². The molecule has 2 aromatic carbocycles. The first-order valence-corrected chi connectivity index (χ1v) is 8.33. The molecule has 0 aliphatic rings. The first-order chi connectivity index (χ1) is 10.0. The molecule has 112 valence electrons. The minimum Gasteiger partial charge on any atom is -0.126 e. The molecule has 0 aliphatic carbocycles. The number of halogens is 2. The van der Waals surface area contributed by atoms with Gasteiger partial charge >= 0.3 is 0 Å². The number of aryl methyl sites for hydroxylation is 3. The minimum atomic E-state index is -0.212. The van der Waals surface area contributed by atoms with E-state index in [1.807, 2.05) is 0 Å². The summed E-state index contributed by atoms with van der Waals surface area (Å²) in [5.41, 5.74) is 6.22. The van der Waals surface area contributed by atoms with Gasteiger partial charge in [-0.05, 0) is 55.0 Å². The molecule has 2 aromatic rings. The normalized spacial score (nSPS) is 11.7. The quantitative estimate of drug-likeness (QED) is 0.632. The Morgan fingerprint density at radius 3 is 2.05 bits per heavy atom. The lowest BCUT2D eigenvalue weighted by atomic mass is 9.76. The van der Waals surface area contributed by atoms with E-state index in [9.17, 15) is 0 Å². The van der Waals surface area contributed by atoms with Crippen LogP contribution in [-0.4, -0.2) is 11.8 Å². The predicted octanol–water partition coefficient (Wildman–Crippen LogP) is 5.57. The highest BCUT2D eigenvalue weighted by Crippen LogP contribution is 2.34. The van der Waals surface area contributed by atoms with Crippen LogP contribution >= 0.6 is 23.2 Å². The summed E-state index contributed by atoms with van der Waals surface area (Å²) in [7, 11) is 0. The van der Waals surface area contributed by atoms with E-state index >= 15 is 0 Å². The molecule has 0 heterocycles. The van der Waals surface area contributed by atoms with Gasteiger partial charge in [0.25, 0.3) is 0 Å². The predicted molar refractivity (Wildman–Crippen MR) is 93.9 cm³/mol. The zero-order valence-electron chi connectivity index (χ0n) is 12.9. The summed E-state index contributed by atoms with van der Waals surface area (Å²) in [6.45, 7) is 6.41. The molecule has 0 radical (unpaired) electrons. The molecule has 0 bridgehead atoms. The Hall–Kier alpha value is -0.980. The number of hydrogen-bond acceptors (Lipinski definition) is 0. The fraction of sp³-hybridized carbons (Fsp3) is 0.368. The van der Waals surface area contributed by atoms with Gasteiger partial charge in [-0.25, -0.2) is 0 Å². The van der Waals surface area contributed by atoms with E-state index in [1.54, 1.807) is 0 Å². The molecule has 0 N–H and O–H groups in total. The molecule has 0 spiro atoms. The van der Waals surface area contributed by atoms with Gasteiger partial charge in [-0.3, -0.25) is 0 Å². The van der Waals surface area contributed by atoms with Gasteiger partial charge < -0.3 is 0 Å². The van der Waals surface area contributed by atoms with Crippen LogP contribution in [0.3, 0.4) is 0 Å². The van der Waals surface area contributed by atoms with E-state index in [1.165, 1.54) is 27.8 Å². The van der Waals surface area contributed by atoms with Gasteiger partial charge in [0, 0.05) is 17.2 Å². The third-order valence-corrected chi connectivity index (χ3v) is 5.37. The molecule has 0 fully saturated rings. The van der Waals surface area contributed by atoms with Crippen molar-refractivity contribution in [3.8, 4) is 0 Å². The summed E-state index contributed by atoms with van der Waals surface area (Å²) in [6, 6.07) is 15.0. The van der Waals surface area contributed by atoms with Crippen LogP contribution in [0.2, 0.25) is 0 Å². The topological polar surface area (TPSA) is 0 Å². The van der Waals surface area contributed by atoms with Crippen LogP contribution in [-0.2, 0) is 11.8 Å². The molecule has 21 heavy (non-hydrogen) atoms. The van der Waals surface area contributed by atoms with Crippen molar-refractivity contribution in [1.82, 2.24) is 0 Å². The Morgan fingerprint density at radius 2 is 1.48 bits per heavy atom. The van der Waals surface area contributed by atoms with Crippen LogP contribution in [0.25, 0.3) is 0 Å². The van der Waals surface area contributed by atoms with E-state index in [0.717, 1.165) is 6.42 Å². The fourth-order valence-electron chi connectivity index (χ4n) is 2.84. The van der Waals surface area contributed by atoms with Crippen molar-refractivity contribution in [3.63, 3.8) is 0 Å². The van der Waals surface area contributed by atoms with E-state index in [2.05, 4.69) is 63.2 Å². The maximum atomic E-state index is 6.37. The van der Waals surface area contributed by atoms with E-state index < -0.39 is 0 Å². The van der Waals surface area contributed by atoms with Gasteiger partial charge in [-0.15, -0.1) is 23.2 Å². The smallest absolute Gasteiger partial charge is 0.0335 e. The molecule has 0 unspecified atom stereocenters. The van der Waals surface area contributed by atoms with Crippen molar-refractivity contribution in [1.29, 1.82) is 0 Å². The highest BCUT2D eigenvalue weighted by molar-refractivity contribution is 6.22. The summed E-state index contributed by atoms with van der Waals surface area (Å²) in [5.74, 6) is 1.04. The molecule has 0 aromatic heterocycles. The third kappa shape index (κ3) is 3.44. The second-order valence-electron chi connectivity index (χ2n) is 5.96. The van der Waals surface area contributed by atoms with Crippen molar-refractivity contribution >= 4 is 23.2 Å². The summed E-state index contributed by atoms with van der Waals surface area (Å²) in [4.78, 5) is 0. The van der Waals surface area contributed by atoms with Crippen LogP contribution in [0.5, 0.6) is 0 Å². The van der Waals surface area contributed by atoms with Gasteiger partial charge in [-0.1, -0.05) is 42.5 Å². The SMILES string of the molecule is Cc1ccc(CC(CCl)(CCl)c2ccccc2C)cc1C. The molecule has 0 saturated heterocycles. The number of hydrogen-bond donors (Lipinski definition) is 0. The second-order valence-corrected chi connectivity index (χ2v) is 6.49. The molecular formula is C19H22Cl2. The molecule has 0 atom stereocenters. The van der Waals surface area contributed by atoms with Crippen LogP contribution in [0.15, 0.2) is 42.5 Å². The van der Waals surface area contributed by atoms with E-state index in [-0.39, 0.29) is 5.41 Å². The Kier molecular flexibility index (Phi) is 5.35. The molecule has 2 rings (SSSR count). The average molecular weight is 321 g/mol. The van der Waals surface area contributed by atoms with Crippen LogP contribution < -0.4 is 0 Å².